The Morgan fingerprint density at radius 3 is 2.50 bits per heavy atom. The summed E-state index contributed by atoms with van der Waals surface area (Å²) < 4.78 is 18.4. The van der Waals surface area contributed by atoms with E-state index in [-0.39, 0.29) is 17.8 Å². The largest absolute Gasteiger partial charge is 0.368 e. The van der Waals surface area contributed by atoms with Crippen LogP contribution in [-0.4, -0.2) is 59.7 Å². The molecule has 24 heavy (non-hydrogen) atoms. The Labute approximate surface area is 146 Å². The van der Waals surface area contributed by atoms with Crippen molar-refractivity contribution >= 4 is 23.2 Å². The zero-order chi connectivity index (χ0) is 16.9. The highest BCUT2D eigenvalue weighted by molar-refractivity contribution is 7.80. The molecule has 0 saturated carbocycles. The normalized spacial score (nSPS) is 21.0. The van der Waals surface area contributed by atoms with Gasteiger partial charge in [0.1, 0.15) is 11.9 Å². The summed E-state index contributed by atoms with van der Waals surface area (Å²) in [5.74, 6) is -0.134. The predicted octanol–water partition coefficient (Wildman–Crippen LogP) is 1.52. The molecule has 2 fully saturated rings. The number of hydrogen-bond acceptors (Lipinski definition) is 3. The first-order chi connectivity index (χ1) is 11.6. The number of ether oxygens (including phenoxy) is 1. The highest BCUT2D eigenvalue weighted by atomic mass is 32.1. The van der Waals surface area contributed by atoms with E-state index >= 15 is 0 Å². The van der Waals surface area contributed by atoms with Gasteiger partial charge < -0.3 is 19.9 Å². The van der Waals surface area contributed by atoms with Crippen molar-refractivity contribution in [2.24, 2.45) is 0 Å². The van der Waals surface area contributed by atoms with Crippen LogP contribution in [0.1, 0.15) is 18.4 Å². The van der Waals surface area contributed by atoms with E-state index in [1.165, 1.54) is 12.1 Å². The Hall–Kier alpha value is -1.73. The lowest BCUT2D eigenvalue weighted by Crippen LogP contribution is -2.54. The Balaban J connectivity index is 1.43. The van der Waals surface area contributed by atoms with E-state index in [4.69, 9.17) is 17.0 Å². The minimum atomic E-state index is -0.250. The molecule has 0 radical (unpaired) electrons. The summed E-state index contributed by atoms with van der Waals surface area (Å²) in [4.78, 5) is 16.3. The van der Waals surface area contributed by atoms with Crippen LogP contribution in [0.2, 0.25) is 0 Å². The molecule has 1 aromatic rings. The molecule has 0 unspecified atom stereocenters. The molecule has 2 saturated heterocycles. The first-order valence-electron chi connectivity index (χ1n) is 8.31. The number of halogens is 1. The molecule has 2 aliphatic heterocycles. The molecule has 1 aromatic carbocycles. The zero-order valence-electron chi connectivity index (χ0n) is 13.5. The van der Waals surface area contributed by atoms with Gasteiger partial charge in [0, 0.05) is 39.3 Å². The molecule has 130 valence electrons. The number of benzene rings is 1. The molecule has 2 aliphatic rings. The van der Waals surface area contributed by atoms with Gasteiger partial charge in [-0.15, -0.1) is 0 Å². The van der Waals surface area contributed by atoms with Crippen molar-refractivity contribution < 1.29 is 13.9 Å². The molecular formula is C17H22FN3O2S. The van der Waals surface area contributed by atoms with Crippen LogP contribution in [0.3, 0.4) is 0 Å². The molecule has 1 amide bonds. The maximum atomic E-state index is 12.9. The van der Waals surface area contributed by atoms with Crippen molar-refractivity contribution in [2.45, 2.75) is 25.5 Å². The molecule has 0 aliphatic carbocycles. The van der Waals surface area contributed by atoms with E-state index in [1.807, 2.05) is 4.90 Å². The number of carbonyl (C=O) groups excluding carboxylic acids is 1. The van der Waals surface area contributed by atoms with E-state index in [0.29, 0.717) is 44.4 Å². The summed E-state index contributed by atoms with van der Waals surface area (Å²) in [5, 5.41) is 3.86. The standard InChI is InChI=1S/C17H22FN3O2S/c18-14-5-3-13(4-6-14)12-19-17(24)21-9-7-20(8-10-21)16(22)15-2-1-11-23-15/h3-6,15H,1-2,7-12H2,(H,19,24)/t15-/m1/s1. The van der Waals surface area contributed by atoms with Gasteiger partial charge in [-0.2, -0.15) is 0 Å². The number of rotatable bonds is 3. The maximum Gasteiger partial charge on any atom is 0.251 e. The van der Waals surface area contributed by atoms with Crippen molar-refractivity contribution in [3.8, 4) is 0 Å². The molecule has 0 spiro atoms. The minimum Gasteiger partial charge on any atom is -0.368 e. The molecule has 2 heterocycles. The third kappa shape index (κ3) is 4.21. The number of nitrogens with zero attached hydrogens (tertiary/aromatic N) is 2. The molecule has 7 heteroatoms. The number of carbonyl (C=O) groups is 1. The van der Waals surface area contributed by atoms with Gasteiger partial charge in [0.05, 0.1) is 0 Å². The van der Waals surface area contributed by atoms with Crippen molar-refractivity contribution in [1.82, 2.24) is 15.1 Å². The van der Waals surface area contributed by atoms with E-state index in [2.05, 4.69) is 10.2 Å². The Bertz CT molecular complexity index is 582. The number of piperazine rings is 1. The lowest BCUT2D eigenvalue weighted by molar-refractivity contribution is -0.142. The van der Waals surface area contributed by atoms with Crippen molar-refractivity contribution in [1.29, 1.82) is 0 Å². The van der Waals surface area contributed by atoms with Gasteiger partial charge in [-0.25, -0.2) is 4.39 Å². The predicted molar refractivity (Wildman–Crippen MR) is 93.0 cm³/mol. The second-order valence-corrected chi connectivity index (χ2v) is 6.49. The molecule has 0 bridgehead atoms. The first kappa shape index (κ1) is 17.1. The fraction of sp³-hybridized carbons (Fsp3) is 0.529. The first-order valence-corrected chi connectivity index (χ1v) is 8.72. The summed E-state index contributed by atoms with van der Waals surface area (Å²) in [6, 6.07) is 6.36. The van der Waals surface area contributed by atoms with Crippen LogP contribution < -0.4 is 5.32 Å². The Morgan fingerprint density at radius 2 is 1.88 bits per heavy atom. The summed E-state index contributed by atoms with van der Waals surface area (Å²) >= 11 is 5.42. The van der Waals surface area contributed by atoms with Crippen LogP contribution in [0.25, 0.3) is 0 Å². The smallest absolute Gasteiger partial charge is 0.251 e. The number of thiocarbonyl (C=S) groups is 1. The summed E-state index contributed by atoms with van der Waals surface area (Å²) in [6.07, 6.45) is 1.55. The molecule has 0 aromatic heterocycles. The van der Waals surface area contributed by atoms with Crippen LogP contribution >= 0.6 is 12.2 Å². The molecule has 1 atom stereocenters. The van der Waals surface area contributed by atoms with Gasteiger partial charge in [-0.1, -0.05) is 12.1 Å². The van der Waals surface area contributed by atoms with E-state index < -0.39 is 0 Å². The maximum absolute atomic E-state index is 12.9. The summed E-state index contributed by atoms with van der Waals surface area (Å²) in [7, 11) is 0. The van der Waals surface area contributed by atoms with Gasteiger partial charge in [-0.3, -0.25) is 4.79 Å². The minimum absolute atomic E-state index is 0.109. The summed E-state index contributed by atoms with van der Waals surface area (Å²) in [5.41, 5.74) is 0.978. The van der Waals surface area contributed by atoms with E-state index in [1.54, 1.807) is 12.1 Å². The summed E-state index contributed by atoms with van der Waals surface area (Å²) in [6.45, 7) is 4.01. The monoisotopic (exact) mass is 351 g/mol. The molecule has 5 nitrogen and oxygen atoms in total. The van der Waals surface area contributed by atoms with Crippen molar-refractivity contribution in [3.63, 3.8) is 0 Å². The van der Waals surface area contributed by atoms with Gasteiger partial charge in [0.25, 0.3) is 5.91 Å². The van der Waals surface area contributed by atoms with Crippen LogP contribution in [0.4, 0.5) is 4.39 Å². The highest BCUT2D eigenvalue weighted by Crippen LogP contribution is 2.16. The number of amides is 1. The van der Waals surface area contributed by atoms with Crippen LogP contribution in [0.5, 0.6) is 0 Å². The highest BCUT2D eigenvalue weighted by Gasteiger charge is 2.30. The Morgan fingerprint density at radius 1 is 1.21 bits per heavy atom. The van der Waals surface area contributed by atoms with Gasteiger partial charge in [0.2, 0.25) is 0 Å². The van der Waals surface area contributed by atoms with E-state index in [0.717, 1.165) is 18.4 Å². The van der Waals surface area contributed by atoms with Gasteiger partial charge >= 0.3 is 0 Å². The SMILES string of the molecule is O=C([C@H]1CCCO1)N1CCN(C(=S)NCc2ccc(F)cc2)CC1. The molecule has 3 rings (SSSR count). The van der Waals surface area contributed by atoms with E-state index in [9.17, 15) is 9.18 Å². The number of hydrogen-bond donors (Lipinski definition) is 1. The second-order valence-electron chi connectivity index (χ2n) is 6.10. The average Bonchev–Trinajstić information content (AvgIpc) is 3.15. The van der Waals surface area contributed by atoms with Crippen LogP contribution in [-0.2, 0) is 16.1 Å². The van der Waals surface area contributed by atoms with Gasteiger partial charge in [-0.05, 0) is 42.8 Å². The fourth-order valence-corrected chi connectivity index (χ4v) is 3.25. The second kappa shape index (κ2) is 7.90. The quantitative estimate of drug-likeness (QED) is 0.837. The topological polar surface area (TPSA) is 44.8 Å². The third-order valence-electron chi connectivity index (χ3n) is 4.44. The lowest BCUT2D eigenvalue weighted by Gasteiger charge is -2.37. The lowest BCUT2D eigenvalue weighted by atomic mass is 10.2. The zero-order valence-corrected chi connectivity index (χ0v) is 14.4. The Kier molecular flexibility index (Phi) is 5.63. The van der Waals surface area contributed by atoms with Crippen molar-refractivity contribution in [3.05, 3.63) is 35.6 Å². The van der Waals surface area contributed by atoms with Gasteiger partial charge in [0.15, 0.2) is 5.11 Å². The number of nitrogens with one attached hydrogen (secondary N) is 1. The third-order valence-corrected chi connectivity index (χ3v) is 4.84. The van der Waals surface area contributed by atoms with Crippen LogP contribution in [0.15, 0.2) is 24.3 Å². The molecular weight excluding hydrogens is 329 g/mol. The van der Waals surface area contributed by atoms with Crippen LogP contribution in [0, 0.1) is 5.82 Å². The molecule has 1 N–H and O–H groups in total. The van der Waals surface area contributed by atoms with Crippen molar-refractivity contribution in [2.75, 3.05) is 32.8 Å². The average molecular weight is 351 g/mol. The fourth-order valence-electron chi connectivity index (χ4n) is 3.00.